The van der Waals surface area contributed by atoms with E-state index in [4.69, 9.17) is 5.73 Å². The number of carbonyl (C=O) groups is 1. The Balaban J connectivity index is 1.73. The molecule has 3 N–H and O–H groups in total. The molecular weight excluding hydrogens is 354 g/mol. The van der Waals surface area contributed by atoms with Gasteiger partial charge < -0.3 is 5.73 Å². The van der Waals surface area contributed by atoms with Gasteiger partial charge in [-0.1, -0.05) is 19.1 Å². The highest BCUT2D eigenvalue weighted by Crippen LogP contribution is 2.27. The Hall–Kier alpha value is -3.81. The lowest BCUT2D eigenvalue weighted by Gasteiger charge is -2.12. The van der Waals surface area contributed by atoms with E-state index in [2.05, 4.69) is 50.7 Å². The van der Waals surface area contributed by atoms with Gasteiger partial charge in [0.15, 0.2) is 5.65 Å². The minimum absolute atomic E-state index is 0.0725. The maximum absolute atomic E-state index is 10.9. The highest BCUT2D eigenvalue weighted by molar-refractivity contribution is 5.97. The summed E-state index contributed by atoms with van der Waals surface area (Å²) >= 11 is 0. The Bertz CT molecular complexity index is 1210. The zero-order chi connectivity index (χ0) is 19.7. The first-order valence-electron chi connectivity index (χ1n) is 8.82. The van der Waals surface area contributed by atoms with E-state index in [1.54, 1.807) is 23.7 Å². The quantitative estimate of drug-likeness (QED) is 0.423. The summed E-state index contributed by atoms with van der Waals surface area (Å²) < 4.78 is 1.80. The van der Waals surface area contributed by atoms with E-state index >= 15 is 0 Å². The third-order valence-electron chi connectivity index (χ3n) is 4.66. The smallest absolute Gasteiger partial charge is 0.332 e. The Labute approximate surface area is 161 Å². The molecule has 28 heavy (non-hydrogen) atoms. The molecule has 3 heterocycles. The number of amides is 2. The molecule has 4 rings (SSSR count). The fraction of sp³-hybridized carbons (Fsp3) is 0.150. The number of hydrogen-bond donors (Lipinski definition) is 2. The van der Waals surface area contributed by atoms with E-state index < -0.39 is 6.03 Å². The minimum Gasteiger partial charge on any atom is -0.350 e. The number of hydrogen-bond acceptors (Lipinski definition) is 5. The van der Waals surface area contributed by atoms with Crippen LogP contribution in [0.2, 0.25) is 0 Å². The van der Waals surface area contributed by atoms with Gasteiger partial charge in [-0.3, -0.25) is 4.98 Å². The SMILES string of the molecule is CC(=NNC(N)=O)c1ccc2ncc([C@@H](C)c3ccc4ncccc4c3)n2n1. The number of carbonyl (C=O) groups excluding carboxylic acids is 1. The first kappa shape index (κ1) is 17.6. The van der Waals surface area contributed by atoms with Crippen molar-refractivity contribution in [2.75, 3.05) is 0 Å². The van der Waals surface area contributed by atoms with Gasteiger partial charge in [-0.25, -0.2) is 19.7 Å². The van der Waals surface area contributed by atoms with Crippen LogP contribution < -0.4 is 11.2 Å². The molecule has 140 valence electrons. The summed E-state index contributed by atoms with van der Waals surface area (Å²) in [7, 11) is 0. The fourth-order valence-corrected chi connectivity index (χ4v) is 3.11. The van der Waals surface area contributed by atoms with Crippen LogP contribution in [0.3, 0.4) is 0 Å². The summed E-state index contributed by atoms with van der Waals surface area (Å²) in [5, 5.41) is 9.67. The second-order valence-corrected chi connectivity index (χ2v) is 6.52. The van der Waals surface area contributed by atoms with Crippen molar-refractivity contribution in [2.45, 2.75) is 19.8 Å². The van der Waals surface area contributed by atoms with Crippen molar-refractivity contribution in [2.24, 2.45) is 10.8 Å². The van der Waals surface area contributed by atoms with Gasteiger partial charge in [-0.2, -0.15) is 10.2 Å². The monoisotopic (exact) mass is 373 g/mol. The molecule has 1 atom stereocenters. The number of primary amides is 1. The number of urea groups is 1. The highest BCUT2D eigenvalue weighted by Gasteiger charge is 2.16. The van der Waals surface area contributed by atoms with Crippen molar-refractivity contribution in [3.05, 3.63) is 71.8 Å². The summed E-state index contributed by atoms with van der Waals surface area (Å²) in [5.74, 6) is 0.0725. The summed E-state index contributed by atoms with van der Waals surface area (Å²) in [5.41, 5.74) is 12.3. The van der Waals surface area contributed by atoms with Crippen molar-refractivity contribution in [3.8, 4) is 0 Å². The molecule has 4 aromatic rings. The van der Waals surface area contributed by atoms with Gasteiger partial charge in [-0.15, -0.1) is 0 Å². The molecule has 8 heteroatoms. The van der Waals surface area contributed by atoms with Crippen molar-refractivity contribution < 1.29 is 4.79 Å². The second-order valence-electron chi connectivity index (χ2n) is 6.52. The van der Waals surface area contributed by atoms with Crippen LogP contribution in [0.5, 0.6) is 0 Å². The van der Waals surface area contributed by atoms with Crippen molar-refractivity contribution in [3.63, 3.8) is 0 Å². The van der Waals surface area contributed by atoms with Gasteiger partial charge in [0.2, 0.25) is 0 Å². The van der Waals surface area contributed by atoms with Gasteiger partial charge in [0, 0.05) is 17.5 Å². The number of imidazole rings is 1. The number of hydrazone groups is 1. The molecule has 0 radical (unpaired) electrons. The van der Waals surface area contributed by atoms with Crippen molar-refractivity contribution in [1.82, 2.24) is 25.0 Å². The summed E-state index contributed by atoms with van der Waals surface area (Å²) in [6.07, 6.45) is 3.62. The first-order valence-corrected chi connectivity index (χ1v) is 8.82. The first-order chi connectivity index (χ1) is 13.5. The number of pyridine rings is 1. The summed E-state index contributed by atoms with van der Waals surface area (Å²) in [4.78, 5) is 19.7. The molecule has 1 aromatic carbocycles. The van der Waals surface area contributed by atoms with Gasteiger partial charge >= 0.3 is 6.03 Å². The third kappa shape index (κ3) is 3.27. The summed E-state index contributed by atoms with van der Waals surface area (Å²) in [6, 6.07) is 13.2. The van der Waals surface area contributed by atoms with Crippen molar-refractivity contribution >= 4 is 28.3 Å². The molecule has 0 saturated carbocycles. The Morgan fingerprint density at radius 2 is 2.07 bits per heavy atom. The van der Waals surface area contributed by atoms with Crippen LogP contribution in [0.15, 0.2) is 60.0 Å². The molecule has 0 spiro atoms. The number of nitrogens with zero attached hydrogens (tertiary/aromatic N) is 5. The molecule has 0 fully saturated rings. The molecular formula is C20H19N7O. The zero-order valence-electron chi connectivity index (χ0n) is 15.5. The molecule has 0 unspecified atom stereocenters. The van der Waals surface area contributed by atoms with Crippen LogP contribution in [0.4, 0.5) is 4.79 Å². The van der Waals surface area contributed by atoms with E-state index in [1.165, 1.54) is 0 Å². The molecule has 8 nitrogen and oxygen atoms in total. The van der Waals surface area contributed by atoms with Crippen LogP contribution in [0.1, 0.15) is 36.7 Å². The predicted octanol–water partition coefficient (Wildman–Crippen LogP) is 2.82. The van der Waals surface area contributed by atoms with Crippen LogP contribution in [0.25, 0.3) is 16.6 Å². The maximum Gasteiger partial charge on any atom is 0.332 e. The van der Waals surface area contributed by atoms with E-state index in [0.717, 1.165) is 27.8 Å². The second kappa shape index (κ2) is 7.07. The van der Waals surface area contributed by atoms with E-state index in [9.17, 15) is 4.79 Å². The molecule has 0 aliphatic heterocycles. The molecule has 0 bridgehead atoms. The Kier molecular flexibility index (Phi) is 4.44. The largest absolute Gasteiger partial charge is 0.350 e. The van der Waals surface area contributed by atoms with Crippen LogP contribution in [-0.2, 0) is 0 Å². The van der Waals surface area contributed by atoms with Crippen LogP contribution in [0, 0.1) is 0 Å². The number of nitrogens with two attached hydrogens (primary N) is 1. The van der Waals surface area contributed by atoms with Gasteiger partial charge in [0.25, 0.3) is 0 Å². The van der Waals surface area contributed by atoms with E-state index in [0.29, 0.717) is 11.4 Å². The number of nitrogens with one attached hydrogen (secondary N) is 1. The van der Waals surface area contributed by atoms with E-state index in [-0.39, 0.29) is 5.92 Å². The highest BCUT2D eigenvalue weighted by atomic mass is 16.2. The minimum atomic E-state index is -0.719. The zero-order valence-corrected chi connectivity index (χ0v) is 15.5. The molecule has 3 aromatic heterocycles. The number of fused-ring (bicyclic) bond motifs is 2. The molecule has 0 aliphatic carbocycles. The number of aromatic nitrogens is 4. The summed E-state index contributed by atoms with van der Waals surface area (Å²) in [6.45, 7) is 3.87. The molecule has 0 aliphatic rings. The lowest BCUT2D eigenvalue weighted by atomic mass is 9.97. The third-order valence-corrected chi connectivity index (χ3v) is 4.66. The topological polar surface area (TPSA) is 111 Å². The number of rotatable bonds is 4. The fourth-order valence-electron chi connectivity index (χ4n) is 3.11. The normalized spacial score (nSPS) is 13.0. The molecule has 0 saturated heterocycles. The van der Waals surface area contributed by atoms with Crippen LogP contribution >= 0.6 is 0 Å². The van der Waals surface area contributed by atoms with Crippen molar-refractivity contribution in [1.29, 1.82) is 0 Å². The van der Waals surface area contributed by atoms with Gasteiger partial charge in [-0.05, 0) is 42.8 Å². The lowest BCUT2D eigenvalue weighted by Crippen LogP contribution is -2.25. The standard InChI is InChI=1S/C20H19N7O/c1-12(14-5-6-17-15(10-14)4-3-9-22-17)18-11-23-19-8-7-16(26-27(18)19)13(2)24-25-20(21)28/h3-12H,1-2H3,(H3,21,25,28)/t12-/m0/s1. The number of benzene rings is 1. The van der Waals surface area contributed by atoms with Crippen LogP contribution in [-0.4, -0.2) is 31.3 Å². The average molecular weight is 373 g/mol. The van der Waals surface area contributed by atoms with E-state index in [1.807, 2.05) is 24.4 Å². The molecule has 2 amide bonds. The predicted molar refractivity (Wildman–Crippen MR) is 107 cm³/mol. The Morgan fingerprint density at radius 1 is 1.21 bits per heavy atom. The average Bonchev–Trinajstić information content (AvgIpc) is 3.14. The van der Waals surface area contributed by atoms with Gasteiger partial charge in [0.1, 0.15) is 5.69 Å². The lowest BCUT2D eigenvalue weighted by molar-refractivity contribution is 0.249. The maximum atomic E-state index is 10.9. The Morgan fingerprint density at radius 3 is 2.89 bits per heavy atom. The van der Waals surface area contributed by atoms with Gasteiger partial charge in [0.05, 0.1) is 23.1 Å².